The van der Waals surface area contributed by atoms with Crippen molar-refractivity contribution in [3.05, 3.63) is 0 Å². The van der Waals surface area contributed by atoms with Gasteiger partial charge in [-0.25, -0.2) is 0 Å². The lowest BCUT2D eigenvalue weighted by Crippen LogP contribution is -2.10. The van der Waals surface area contributed by atoms with Crippen LogP contribution in [0, 0.1) is 5.41 Å². The van der Waals surface area contributed by atoms with Crippen LogP contribution in [0.1, 0.15) is 46.0 Å². The number of rotatable bonds is 4. The van der Waals surface area contributed by atoms with Gasteiger partial charge in [-0.3, -0.25) is 4.79 Å². The Morgan fingerprint density at radius 2 is 2.10 bits per heavy atom. The number of carbonyl (C=O) groups is 1. The van der Waals surface area contributed by atoms with Crippen molar-refractivity contribution < 1.29 is 4.79 Å². The van der Waals surface area contributed by atoms with E-state index in [1.54, 1.807) is 6.92 Å². The summed E-state index contributed by atoms with van der Waals surface area (Å²) in [5.41, 5.74) is 0.163. The lowest BCUT2D eigenvalue weighted by Gasteiger charge is -2.08. The van der Waals surface area contributed by atoms with Crippen molar-refractivity contribution in [2.45, 2.75) is 46.0 Å². The van der Waals surface area contributed by atoms with E-state index >= 15 is 0 Å². The maximum absolute atomic E-state index is 11.0. The van der Waals surface area contributed by atoms with E-state index in [9.17, 15) is 4.79 Å². The summed E-state index contributed by atoms with van der Waals surface area (Å²) >= 11 is 0. The molecule has 0 spiro atoms. The van der Waals surface area contributed by atoms with Crippen LogP contribution in [0.5, 0.6) is 0 Å². The van der Waals surface area contributed by atoms with Crippen LogP contribution in [0.25, 0.3) is 0 Å². The molecule has 1 nitrogen and oxygen atoms in total. The fraction of sp³-hybridized carbons (Fsp3) is 0.889. The second-order valence-corrected chi connectivity index (χ2v) is 3.44. The highest BCUT2D eigenvalue weighted by molar-refractivity contribution is 5.84. The quantitative estimate of drug-likeness (QED) is 0.586. The molecule has 1 saturated carbocycles. The summed E-state index contributed by atoms with van der Waals surface area (Å²) in [6, 6.07) is 0. The van der Waals surface area contributed by atoms with Crippen LogP contribution in [-0.4, -0.2) is 5.78 Å². The smallest absolute Gasteiger partial charge is 0.135 e. The van der Waals surface area contributed by atoms with Gasteiger partial charge in [0.1, 0.15) is 5.78 Å². The van der Waals surface area contributed by atoms with E-state index in [1.165, 1.54) is 12.8 Å². The first-order valence-corrected chi connectivity index (χ1v) is 4.22. The number of hydrogen-bond donors (Lipinski definition) is 0. The Morgan fingerprint density at radius 1 is 1.50 bits per heavy atom. The van der Waals surface area contributed by atoms with Gasteiger partial charge in [-0.2, -0.15) is 0 Å². The van der Waals surface area contributed by atoms with Gasteiger partial charge in [-0.05, 0) is 26.2 Å². The van der Waals surface area contributed by atoms with Crippen LogP contribution in [0.15, 0.2) is 0 Å². The summed E-state index contributed by atoms with van der Waals surface area (Å²) in [5, 5.41) is 0. The Bertz CT molecular complexity index is 134. The normalized spacial score (nSPS) is 20.6. The van der Waals surface area contributed by atoms with Crippen LogP contribution >= 0.6 is 0 Å². The standard InChI is InChI=1S/C9H16O/c1-3-4-5-9(6-7-9)8(2)10/h3-7H2,1-2H3. The zero-order valence-electron chi connectivity index (χ0n) is 6.94. The van der Waals surface area contributed by atoms with Crippen LogP contribution in [0.2, 0.25) is 0 Å². The molecule has 1 fully saturated rings. The van der Waals surface area contributed by atoms with Crippen LogP contribution in [0.3, 0.4) is 0 Å². The fourth-order valence-corrected chi connectivity index (χ4v) is 1.44. The highest BCUT2D eigenvalue weighted by Gasteiger charge is 2.45. The average Bonchev–Trinajstić information content (AvgIpc) is 2.64. The Balaban J connectivity index is 2.31. The zero-order valence-corrected chi connectivity index (χ0v) is 6.94. The molecule has 0 aromatic rings. The van der Waals surface area contributed by atoms with E-state index in [2.05, 4.69) is 6.92 Å². The van der Waals surface area contributed by atoms with E-state index in [1.807, 2.05) is 0 Å². The van der Waals surface area contributed by atoms with E-state index in [0.29, 0.717) is 5.78 Å². The minimum Gasteiger partial charge on any atom is -0.299 e. The van der Waals surface area contributed by atoms with Crippen molar-refractivity contribution in [3.8, 4) is 0 Å². The number of ketones is 1. The lowest BCUT2D eigenvalue weighted by molar-refractivity contribution is -0.122. The average molecular weight is 140 g/mol. The molecule has 1 heteroatoms. The van der Waals surface area contributed by atoms with E-state index in [4.69, 9.17) is 0 Å². The molecule has 0 atom stereocenters. The second kappa shape index (κ2) is 2.73. The Hall–Kier alpha value is -0.330. The molecule has 0 unspecified atom stereocenters. The van der Waals surface area contributed by atoms with Crippen molar-refractivity contribution in [2.75, 3.05) is 0 Å². The highest BCUT2D eigenvalue weighted by atomic mass is 16.1. The second-order valence-electron chi connectivity index (χ2n) is 3.44. The first-order valence-electron chi connectivity index (χ1n) is 4.22. The molecular formula is C9H16O. The molecule has 10 heavy (non-hydrogen) atoms. The first-order chi connectivity index (χ1) is 4.71. The Morgan fingerprint density at radius 3 is 2.40 bits per heavy atom. The van der Waals surface area contributed by atoms with Crippen LogP contribution in [0.4, 0.5) is 0 Å². The van der Waals surface area contributed by atoms with Gasteiger partial charge in [-0.1, -0.05) is 19.8 Å². The first kappa shape index (κ1) is 7.77. The third-order valence-electron chi connectivity index (χ3n) is 2.61. The number of Topliss-reactive ketones (excluding diaryl/α,β-unsaturated/α-hetero) is 1. The van der Waals surface area contributed by atoms with Gasteiger partial charge in [0.25, 0.3) is 0 Å². The molecule has 1 rings (SSSR count). The van der Waals surface area contributed by atoms with Crippen molar-refractivity contribution in [1.82, 2.24) is 0 Å². The predicted molar refractivity (Wildman–Crippen MR) is 41.9 cm³/mol. The third-order valence-corrected chi connectivity index (χ3v) is 2.61. The van der Waals surface area contributed by atoms with Gasteiger partial charge in [-0.15, -0.1) is 0 Å². The summed E-state index contributed by atoms with van der Waals surface area (Å²) in [6.07, 6.45) is 5.89. The molecule has 0 heterocycles. The van der Waals surface area contributed by atoms with Crippen LogP contribution in [-0.2, 0) is 4.79 Å². The number of carbonyl (C=O) groups excluding carboxylic acids is 1. The number of unbranched alkanes of at least 4 members (excludes halogenated alkanes) is 1. The van der Waals surface area contributed by atoms with Crippen molar-refractivity contribution in [1.29, 1.82) is 0 Å². The van der Waals surface area contributed by atoms with Gasteiger partial charge < -0.3 is 0 Å². The molecule has 0 aromatic heterocycles. The predicted octanol–water partition coefficient (Wildman–Crippen LogP) is 2.55. The summed E-state index contributed by atoms with van der Waals surface area (Å²) in [6.45, 7) is 3.92. The monoisotopic (exact) mass is 140 g/mol. The van der Waals surface area contributed by atoms with Gasteiger partial charge in [0.2, 0.25) is 0 Å². The molecule has 0 saturated heterocycles. The molecule has 0 aliphatic heterocycles. The largest absolute Gasteiger partial charge is 0.299 e. The molecule has 1 aliphatic carbocycles. The van der Waals surface area contributed by atoms with E-state index in [-0.39, 0.29) is 5.41 Å². The minimum atomic E-state index is 0.163. The third kappa shape index (κ3) is 1.39. The van der Waals surface area contributed by atoms with Crippen molar-refractivity contribution in [3.63, 3.8) is 0 Å². The summed E-state index contributed by atoms with van der Waals surface area (Å²) < 4.78 is 0. The van der Waals surface area contributed by atoms with Crippen LogP contribution < -0.4 is 0 Å². The van der Waals surface area contributed by atoms with Gasteiger partial charge in [0, 0.05) is 5.41 Å². The molecule has 1 aliphatic rings. The molecule has 0 aromatic carbocycles. The minimum absolute atomic E-state index is 0.163. The van der Waals surface area contributed by atoms with Crippen molar-refractivity contribution in [2.24, 2.45) is 5.41 Å². The Kier molecular flexibility index (Phi) is 2.12. The fourth-order valence-electron chi connectivity index (χ4n) is 1.44. The molecule has 0 amide bonds. The molecule has 0 N–H and O–H groups in total. The van der Waals surface area contributed by atoms with Crippen molar-refractivity contribution >= 4 is 5.78 Å². The molecular weight excluding hydrogens is 124 g/mol. The SMILES string of the molecule is CCCCC1(C(C)=O)CC1. The molecule has 0 bridgehead atoms. The summed E-state index contributed by atoms with van der Waals surface area (Å²) in [4.78, 5) is 11.0. The van der Waals surface area contributed by atoms with E-state index < -0.39 is 0 Å². The summed E-state index contributed by atoms with van der Waals surface area (Å²) in [5.74, 6) is 0.418. The highest BCUT2D eigenvalue weighted by Crippen LogP contribution is 2.50. The number of hydrogen-bond acceptors (Lipinski definition) is 1. The zero-order chi connectivity index (χ0) is 7.61. The topological polar surface area (TPSA) is 17.1 Å². The van der Waals surface area contributed by atoms with Gasteiger partial charge in [0.15, 0.2) is 0 Å². The Labute approximate surface area is 62.8 Å². The maximum Gasteiger partial charge on any atom is 0.135 e. The lowest BCUT2D eigenvalue weighted by atomic mass is 9.95. The van der Waals surface area contributed by atoms with Gasteiger partial charge in [0.05, 0.1) is 0 Å². The maximum atomic E-state index is 11.0. The molecule has 58 valence electrons. The molecule has 0 radical (unpaired) electrons. The summed E-state index contributed by atoms with van der Waals surface area (Å²) in [7, 11) is 0. The van der Waals surface area contributed by atoms with Gasteiger partial charge >= 0.3 is 0 Å². The van der Waals surface area contributed by atoms with E-state index in [0.717, 1.165) is 19.3 Å².